The summed E-state index contributed by atoms with van der Waals surface area (Å²) in [6.07, 6.45) is 0.808. The lowest BCUT2D eigenvalue weighted by Gasteiger charge is -2.29. The van der Waals surface area contributed by atoms with Gasteiger partial charge in [0.1, 0.15) is 0 Å². The second-order valence-corrected chi connectivity index (χ2v) is 5.80. The Hall–Kier alpha value is -2.21. The molecule has 22 heavy (non-hydrogen) atoms. The normalized spacial score (nSPS) is 15.3. The van der Waals surface area contributed by atoms with E-state index in [1.165, 1.54) is 0 Å². The Morgan fingerprint density at radius 1 is 1.41 bits per heavy atom. The van der Waals surface area contributed by atoms with E-state index in [1.54, 1.807) is 31.2 Å². The molecule has 1 aromatic heterocycles. The van der Waals surface area contributed by atoms with E-state index in [0.29, 0.717) is 10.8 Å². The molecule has 0 aliphatic rings. The number of H-pyrrole nitrogens is 1. The zero-order valence-electron chi connectivity index (χ0n) is 13.0. The summed E-state index contributed by atoms with van der Waals surface area (Å²) < 4.78 is 0. The van der Waals surface area contributed by atoms with Crippen LogP contribution in [0.15, 0.2) is 29.1 Å². The van der Waals surface area contributed by atoms with Gasteiger partial charge in [0.2, 0.25) is 0 Å². The first-order chi connectivity index (χ1) is 10.4. The summed E-state index contributed by atoms with van der Waals surface area (Å²) in [7, 11) is 0. The highest BCUT2D eigenvalue weighted by atomic mass is 16.3. The highest BCUT2D eigenvalue weighted by Gasteiger charge is 2.28. The predicted octanol–water partition coefficient (Wildman–Crippen LogP) is 1.45. The third-order valence-electron chi connectivity index (χ3n) is 4.19. The van der Waals surface area contributed by atoms with E-state index in [2.05, 4.69) is 15.5 Å². The standard InChI is InChI=1S/C16H21N3O3/c1-4-10(2)16(3,22)9-17-15(21)13-11-7-5-6-8-12(11)14(20)19-18-13/h5-8,10,22H,4,9H2,1-3H3,(H,17,21)(H,19,20). The third kappa shape index (κ3) is 3.17. The molecule has 0 radical (unpaired) electrons. The average Bonchev–Trinajstić information content (AvgIpc) is 2.52. The second kappa shape index (κ2) is 6.27. The van der Waals surface area contributed by atoms with Crippen LogP contribution in [0.5, 0.6) is 0 Å². The van der Waals surface area contributed by atoms with Gasteiger partial charge in [-0.15, -0.1) is 0 Å². The summed E-state index contributed by atoms with van der Waals surface area (Å²) in [5, 5.41) is 20.1. The minimum absolute atomic E-state index is 0.0492. The van der Waals surface area contributed by atoms with Gasteiger partial charge >= 0.3 is 0 Å². The first kappa shape index (κ1) is 16.2. The number of amides is 1. The first-order valence-electron chi connectivity index (χ1n) is 7.34. The zero-order valence-corrected chi connectivity index (χ0v) is 13.0. The number of aromatic nitrogens is 2. The summed E-state index contributed by atoms with van der Waals surface area (Å²) >= 11 is 0. The van der Waals surface area contributed by atoms with Crippen molar-refractivity contribution in [2.75, 3.05) is 6.54 Å². The van der Waals surface area contributed by atoms with E-state index in [1.807, 2.05) is 13.8 Å². The summed E-state index contributed by atoms with van der Waals surface area (Å²) in [6, 6.07) is 6.80. The number of hydrogen-bond donors (Lipinski definition) is 3. The highest BCUT2D eigenvalue weighted by molar-refractivity contribution is 6.04. The minimum Gasteiger partial charge on any atom is -0.388 e. The number of carbonyl (C=O) groups excluding carboxylic acids is 1. The van der Waals surface area contributed by atoms with E-state index in [4.69, 9.17) is 0 Å². The summed E-state index contributed by atoms with van der Waals surface area (Å²) in [6.45, 7) is 5.73. The van der Waals surface area contributed by atoms with E-state index in [0.717, 1.165) is 6.42 Å². The van der Waals surface area contributed by atoms with Crippen molar-refractivity contribution in [1.29, 1.82) is 0 Å². The monoisotopic (exact) mass is 303 g/mol. The van der Waals surface area contributed by atoms with Crippen molar-refractivity contribution in [3.8, 4) is 0 Å². The van der Waals surface area contributed by atoms with Crippen LogP contribution in [0.4, 0.5) is 0 Å². The Bertz CT molecular complexity index is 737. The predicted molar refractivity (Wildman–Crippen MR) is 84.8 cm³/mol. The highest BCUT2D eigenvalue weighted by Crippen LogP contribution is 2.19. The van der Waals surface area contributed by atoms with Crippen LogP contribution in [0.1, 0.15) is 37.7 Å². The molecule has 2 rings (SSSR count). The van der Waals surface area contributed by atoms with E-state index in [-0.39, 0.29) is 23.7 Å². The number of nitrogens with zero attached hydrogens (tertiary/aromatic N) is 1. The molecule has 0 fully saturated rings. The Morgan fingerprint density at radius 3 is 2.68 bits per heavy atom. The van der Waals surface area contributed by atoms with Crippen molar-refractivity contribution < 1.29 is 9.90 Å². The van der Waals surface area contributed by atoms with Crippen molar-refractivity contribution >= 4 is 16.7 Å². The van der Waals surface area contributed by atoms with Crippen molar-refractivity contribution in [3.05, 3.63) is 40.3 Å². The Balaban J connectivity index is 2.25. The number of aliphatic hydroxyl groups is 1. The van der Waals surface area contributed by atoms with Gasteiger partial charge in [0, 0.05) is 11.9 Å². The van der Waals surface area contributed by atoms with Crippen LogP contribution < -0.4 is 10.9 Å². The van der Waals surface area contributed by atoms with Crippen LogP contribution in [0, 0.1) is 5.92 Å². The molecule has 1 amide bonds. The Kier molecular flexibility index (Phi) is 4.61. The molecule has 0 saturated carbocycles. The molecule has 2 atom stereocenters. The molecule has 6 nitrogen and oxygen atoms in total. The van der Waals surface area contributed by atoms with Gasteiger partial charge in [0.25, 0.3) is 11.5 Å². The Morgan fingerprint density at radius 2 is 2.05 bits per heavy atom. The molecule has 6 heteroatoms. The molecule has 0 aliphatic carbocycles. The molecule has 0 spiro atoms. The fourth-order valence-electron chi connectivity index (χ4n) is 2.24. The Labute approximate surface area is 128 Å². The van der Waals surface area contributed by atoms with Crippen LogP contribution in [-0.2, 0) is 0 Å². The number of fused-ring (bicyclic) bond motifs is 1. The maximum Gasteiger partial charge on any atom is 0.272 e. The molecule has 1 aromatic carbocycles. The molecule has 1 heterocycles. The molecule has 0 saturated heterocycles. The number of rotatable bonds is 5. The number of carbonyl (C=O) groups is 1. The van der Waals surface area contributed by atoms with Crippen molar-refractivity contribution in [1.82, 2.24) is 15.5 Å². The summed E-state index contributed by atoms with van der Waals surface area (Å²) in [5.41, 5.74) is -1.18. The van der Waals surface area contributed by atoms with Crippen LogP contribution in [-0.4, -0.2) is 33.4 Å². The molecule has 118 valence electrons. The van der Waals surface area contributed by atoms with Crippen molar-refractivity contribution in [2.24, 2.45) is 5.92 Å². The van der Waals surface area contributed by atoms with Gasteiger partial charge < -0.3 is 10.4 Å². The quantitative estimate of drug-likeness (QED) is 0.779. The summed E-state index contributed by atoms with van der Waals surface area (Å²) in [4.78, 5) is 24.0. The van der Waals surface area contributed by atoms with Gasteiger partial charge in [-0.2, -0.15) is 5.10 Å². The van der Waals surface area contributed by atoms with Crippen molar-refractivity contribution in [3.63, 3.8) is 0 Å². The third-order valence-corrected chi connectivity index (χ3v) is 4.19. The lowest BCUT2D eigenvalue weighted by molar-refractivity contribution is 0.00589. The van der Waals surface area contributed by atoms with Crippen LogP contribution in [0.3, 0.4) is 0 Å². The molecule has 0 bridgehead atoms. The minimum atomic E-state index is -0.998. The van der Waals surface area contributed by atoms with Crippen molar-refractivity contribution in [2.45, 2.75) is 32.8 Å². The largest absolute Gasteiger partial charge is 0.388 e. The van der Waals surface area contributed by atoms with E-state index >= 15 is 0 Å². The van der Waals surface area contributed by atoms with Gasteiger partial charge in [-0.25, -0.2) is 5.10 Å². The number of hydrogen-bond acceptors (Lipinski definition) is 4. The maximum atomic E-state index is 12.3. The number of aromatic amines is 1. The van der Waals surface area contributed by atoms with Gasteiger partial charge in [-0.1, -0.05) is 38.5 Å². The average molecular weight is 303 g/mol. The molecular weight excluding hydrogens is 282 g/mol. The maximum absolute atomic E-state index is 12.3. The number of nitrogens with one attached hydrogen (secondary N) is 2. The lowest BCUT2D eigenvalue weighted by atomic mass is 9.88. The lowest BCUT2D eigenvalue weighted by Crippen LogP contribution is -2.45. The van der Waals surface area contributed by atoms with E-state index < -0.39 is 11.5 Å². The number of benzene rings is 1. The molecule has 0 aliphatic heterocycles. The van der Waals surface area contributed by atoms with Crippen LogP contribution in [0.2, 0.25) is 0 Å². The zero-order chi connectivity index (χ0) is 16.3. The molecule has 2 aromatic rings. The summed E-state index contributed by atoms with van der Waals surface area (Å²) in [5.74, 6) is -0.371. The van der Waals surface area contributed by atoms with Crippen LogP contribution >= 0.6 is 0 Å². The SMILES string of the molecule is CCC(C)C(C)(O)CNC(=O)c1n[nH]c(=O)c2ccccc12. The van der Waals surface area contributed by atoms with Gasteiger partial charge in [0.05, 0.1) is 11.0 Å². The second-order valence-electron chi connectivity index (χ2n) is 5.80. The molecule has 3 N–H and O–H groups in total. The first-order valence-corrected chi connectivity index (χ1v) is 7.34. The fourth-order valence-corrected chi connectivity index (χ4v) is 2.24. The van der Waals surface area contributed by atoms with E-state index in [9.17, 15) is 14.7 Å². The molecule has 2 unspecified atom stereocenters. The smallest absolute Gasteiger partial charge is 0.272 e. The fraction of sp³-hybridized carbons (Fsp3) is 0.438. The topological polar surface area (TPSA) is 95.1 Å². The van der Waals surface area contributed by atoms with Gasteiger partial charge in [-0.3, -0.25) is 9.59 Å². The van der Waals surface area contributed by atoms with Crippen LogP contribution in [0.25, 0.3) is 10.8 Å². The van der Waals surface area contributed by atoms with Gasteiger partial charge in [-0.05, 0) is 18.9 Å². The van der Waals surface area contributed by atoms with Gasteiger partial charge in [0.15, 0.2) is 5.69 Å². The molecular formula is C16H21N3O3.